The number of carbonyl (C=O) groups is 2. The zero-order valence-corrected chi connectivity index (χ0v) is 19.7. The summed E-state index contributed by atoms with van der Waals surface area (Å²) in [5, 5.41) is 0.653. The second kappa shape index (κ2) is 9.55. The molecule has 1 saturated heterocycles. The topological polar surface area (TPSA) is 40.6 Å². The van der Waals surface area contributed by atoms with Gasteiger partial charge in [0.25, 0.3) is 11.8 Å². The number of rotatable bonds is 7. The number of amides is 2. The maximum atomic E-state index is 13.5. The van der Waals surface area contributed by atoms with Crippen LogP contribution in [-0.4, -0.2) is 27.6 Å². The molecular formula is C24H23ClN2O2S2. The van der Waals surface area contributed by atoms with E-state index in [9.17, 15) is 9.59 Å². The number of halogens is 1. The summed E-state index contributed by atoms with van der Waals surface area (Å²) in [5.74, 6) is -0.319. The highest BCUT2D eigenvalue weighted by molar-refractivity contribution is 8.26. The molecule has 0 unspecified atom stereocenters. The number of carbonyl (C=O) groups excluding carboxylic acids is 2. The van der Waals surface area contributed by atoms with E-state index in [1.165, 1.54) is 11.8 Å². The number of anilines is 1. The van der Waals surface area contributed by atoms with Crippen molar-refractivity contribution in [3.63, 3.8) is 0 Å². The number of nitrogens with zero attached hydrogens (tertiary/aromatic N) is 2. The van der Waals surface area contributed by atoms with E-state index >= 15 is 0 Å². The number of unbranched alkanes of at least 4 members (excludes halogenated alkanes) is 3. The Morgan fingerprint density at radius 3 is 2.42 bits per heavy atom. The average Bonchev–Trinajstić information content (AvgIpc) is 3.20. The van der Waals surface area contributed by atoms with Crippen LogP contribution in [0.3, 0.4) is 0 Å². The molecule has 7 heteroatoms. The Labute approximate surface area is 197 Å². The van der Waals surface area contributed by atoms with Crippen molar-refractivity contribution < 1.29 is 9.59 Å². The van der Waals surface area contributed by atoms with E-state index < -0.39 is 0 Å². The SMILES string of the molecule is CCCCCCN1C(=O)/C(=C2/C(=O)N(Cc3ccc(Cl)cc3)c3ccccc32)SC1=S. The van der Waals surface area contributed by atoms with E-state index in [1.54, 1.807) is 9.80 Å². The first-order chi connectivity index (χ1) is 15.0. The average molecular weight is 471 g/mol. The molecule has 2 aromatic rings. The summed E-state index contributed by atoms with van der Waals surface area (Å²) in [6.07, 6.45) is 4.25. The molecule has 0 radical (unpaired) electrons. The van der Waals surface area contributed by atoms with E-state index in [0.717, 1.165) is 42.5 Å². The molecule has 0 spiro atoms. The number of fused-ring (bicyclic) bond motifs is 1. The molecule has 0 aromatic heterocycles. The molecule has 4 rings (SSSR count). The molecule has 2 heterocycles. The van der Waals surface area contributed by atoms with Gasteiger partial charge in [0, 0.05) is 17.1 Å². The molecule has 0 bridgehead atoms. The van der Waals surface area contributed by atoms with Crippen LogP contribution in [-0.2, 0) is 16.1 Å². The standard InChI is InChI=1S/C24H23ClN2O2S2/c1-2-3-4-7-14-26-23(29)21(31-24(26)30)20-18-8-5-6-9-19(18)27(22(20)28)15-16-10-12-17(25)13-11-16/h5-6,8-13H,2-4,7,14-15H2,1H3/b21-20-. The quantitative estimate of drug-likeness (QED) is 0.281. The summed E-state index contributed by atoms with van der Waals surface area (Å²) in [5.41, 5.74) is 3.02. The highest BCUT2D eigenvalue weighted by Crippen LogP contribution is 2.45. The number of thioether (sulfide) groups is 1. The van der Waals surface area contributed by atoms with Crippen LogP contribution in [0.5, 0.6) is 0 Å². The first-order valence-corrected chi connectivity index (χ1v) is 12.0. The van der Waals surface area contributed by atoms with Gasteiger partial charge in [-0.05, 0) is 30.2 Å². The molecule has 2 aliphatic rings. The zero-order chi connectivity index (χ0) is 22.0. The van der Waals surface area contributed by atoms with Crippen molar-refractivity contribution in [1.29, 1.82) is 0 Å². The van der Waals surface area contributed by atoms with Gasteiger partial charge < -0.3 is 4.90 Å². The number of thiocarbonyl (C=S) groups is 1. The Balaban J connectivity index is 1.64. The van der Waals surface area contributed by atoms with Crippen molar-refractivity contribution in [2.45, 2.75) is 39.2 Å². The van der Waals surface area contributed by atoms with Gasteiger partial charge >= 0.3 is 0 Å². The molecule has 160 valence electrons. The van der Waals surface area contributed by atoms with E-state index in [-0.39, 0.29) is 11.8 Å². The van der Waals surface area contributed by atoms with E-state index in [0.29, 0.717) is 32.9 Å². The fourth-order valence-electron chi connectivity index (χ4n) is 3.87. The first kappa shape index (κ1) is 22.1. The van der Waals surface area contributed by atoms with Gasteiger partial charge in [-0.1, -0.05) is 92.1 Å². The summed E-state index contributed by atoms with van der Waals surface area (Å²) < 4.78 is 0.533. The largest absolute Gasteiger partial charge is 0.303 e. The number of hydrogen-bond donors (Lipinski definition) is 0. The van der Waals surface area contributed by atoms with Crippen LogP contribution < -0.4 is 4.90 Å². The van der Waals surface area contributed by atoms with Crippen molar-refractivity contribution in [3.05, 3.63) is 69.6 Å². The van der Waals surface area contributed by atoms with Gasteiger partial charge in [-0.25, -0.2) is 0 Å². The molecule has 0 N–H and O–H groups in total. The lowest BCUT2D eigenvalue weighted by molar-refractivity contribution is -0.122. The molecule has 0 saturated carbocycles. The molecule has 1 fully saturated rings. The van der Waals surface area contributed by atoms with Gasteiger partial charge in [-0.2, -0.15) is 0 Å². The normalized spacial score (nSPS) is 18.3. The first-order valence-electron chi connectivity index (χ1n) is 10.4. The second-order valence-electron chi connectivity index (χ2n) is 7.62. The minimum atomic E-state index is -0.164. The van der Waals surface area contributed by atoms with Crippen molar-refractivity contribution >= 4 is 63.0 Å². The maximum Gasteiger partial charge on any atom is 0.267 e. The Morgan fingerprint density at radius 1 is 0.935 bits per heavy atom. The van der Waals surface area contributed by atoms with Crippen molar-refractivity contribution in [1.82, 2.24) is 4.90 Å². The van der Waals surface area contributed by atoms with Crippen LogP contribution >= 0.6 is 35.6 Å². The van der Waals surface area contributed by atoms with Crippen LogP contribution in [0.2, 0.25) is 5.02 Å². The maximum absolute atomic E-state index is 13.5. The van der Waals surface area contributed by atoms with Crippen molar-refractivity contribution in [3.8, 4) is 0 Å². The predicted octanol–water partition coefficient (Wildman–Crippen LogP) is 6.04. The third kappa shape index (κ3) is 4.43. The summed E-state index contributed by atoms with van der Waals surface area (Å²) in [4.78, 5) is 30.5. The predicted molar refractivity (Wildman–Crippen MR) is 132 cm³/mol. The highest BCUT2D eigenvalue weighted by Gasteiger charge is 2.41. The Hall–Kier alpha value is -2.15. The van der Waals surface area contributed by atoms with Crippen molar-refractivity contribution in [2.24, 2.45) is 0 Å². The molecule has 31 heavy (non-hydrogen) atoms. The third-order valence-corrected chi connectivity index (χ3v) is 7.19. The monoisotopic (exact) mass is 470 g/mol. The number of hydrogen-bond acceptors (Lipinski definition) is 4. The van der Waals surface area contributed by atoms with Gasteiger partial charge in [-0.3, -0.25) is 14.5 Å². The Kier molecular flexibility index (Phi) is 6.80. The minimum Gasteiger partial charge on any atom is -0.303 e. The van der Waals surface area contributed by atoms with Gasteiger partial charge in [0.2, 0.25) is 0 Å². The summed E-state index contributed by atoms with van der Waals surface area (Å²) in [7, 11) is 0. The van der Waals surface area contributed by atoms with Gasteiger partial charge in [0.1, 0.15) is 4.32 Å². The van der Waals surface area contributed by atoms with Crippen LogP contribution in [0, 0.1) is 0 Å². The lowest BCUT2D eigenvalue weighted by Crippen LogP contribution is -2.30. The Morgan fingerprint density at radius 2 is 1.68 bits per heavy atom. The third-order valence-electron chi connectivity index (χ3n) is 5.49. The fraction of sp³-hybridized carbons (Fsp3) is 0.292. The zero-order valence-electron chi connectivity index (χ0n) is 17.3. The molecule has 0 atom stereocenters. The van der Waals surface area contributed by atoms with Gasteiger partial charge in [0.15, 0.2) is 0 Å². The molecule has 0 aliphatic carbocycles. The number of para-hydroxylation sites is 1. The summed E-state index contributed by atoms with van der Waals surface area (Å²) in [6.45, 7) is 3.17. The molecule has 2 aromatic carbocycles. The smallest absolute Gasteiger partial charge is 0.267 e. The van der Waals surface area contributed by atoms with Gasteiger partial charge in [0.05, 0.1) is 22.7 Å². The molecular weight excluding hydrogens is 448 g/mol. The van der Waals surface area contributed by atoms with E-state index in [2.05, 4.69) is 6.92 Å². The van der Waals surface area contributed by atoms with Crippen molar-refractivity contribution in [2.75, 3.05) is 11.4 Å². The second-order valence-corrected chi connectivity index (χ2v) is 9.71. The lowest BCUT2D eigenvalue weighted by atomic mass is 10.1. The fourth-order valence-corrected chi connectivity index (χ4v) is 5.37. The highest BCUT2D eigenvalue weighted by atomic mass is 35.5. The molecule has 2 amide bonds. The summed E-state index contributed by atoms with van der Waals surface area (Å²) in [6, 6.07) is 15.1. The van der Waals surface area contributed by atoms with E-state index in [4.69, 9.17) is 23.8 Å². The van der Waals surface area contributed by atoms with Crippen LogP contribution in [0.4, 0.5) is 5.69 Å². The molecule has 4 nitrogen and oxygen atoms in total. The van der Waals surface area contributed by atoms with Crippen LogP contribution in [0.15, 0.2) is 53.4 Å². The number of benzene rings is 2. The van der Waals surface area contributed by atoms with E-state index in [1.807, 2.05) is 48.5 Å². The molecule has 2 aliphatic heterocycles. The lowest BCUT2D eigenvalue weighted by Gasteiger charge is -2.17. The summed E-state index contributed by atoms with van der Waals surface area (Å²) >= 11 is 12.7. The van der Waals surface area contributed by atoms with Crippen LogP contribution in [0.1, 0.15) is 43.7 Å². The Bertz CT molecular complexity index is 1070. The van der Waals surface area contributed by atoms with Gasteiger partial charge in [-0.15, -0.1) is 0 Å². The van der Waals surface area contributed by atoms with Crippen LogP contribution in [0.25, 0.3) is 5.57 Å². The minimum absolute atomic E-state index is 0.155.